The Bertz CT molecular complexity index is 1380. The second-order valence-corrected chi connectivity index (χ2v) is 9.76. The topological polar surface area (TPSA) is 67.8 Å². The van der Waals surface area contributed by atoms with Gasteiger partial charge >= 0.3 is 0 Å². The zero-order valence-electron chi connectivity index (χ0n) is 17.8. The number of allylic oxidation sites excluding steroid dienone is 1. The summed E-state index contributed by atoms with van der Waals surface area (Å²) in [5, 5.41) is 0.589. The Labute approximate surface area is 207 Å². The summed E-state index contributed by atoms with van der Waals surface area (Å²) in [6.07, 6.45) is 1.72. The van der Waals surface area contributed by atoms with Crippen molar-refractivity contribution in [2.45, 2.75) is 26.8 Å². The number of carbonyl (C=O) groups is 1. The van der Waals surface area contributed by atoms with Crippen LogP contribution in [0.4, 0.5) is 0 Å². The standard InChI is InChI=1S/C23H21ClIN3O3S/c1-4-27(5-2)22(30)19-13(3)26-23-28(20(19)14-6-8-15(24)9-7-14)21(29)17(32-23)12-16-10-11-18(25)31-16/h6-12,20H,4-5H2,1-3H3/b17-12+/t20-/m1/s1. The zero-order valence-corrected chi connectivity index (χ0v) is 21.5. The molecular weight excluding hydrogens is 561 g/mol. The van der Waals surface area contributed by atoms with Gasteiger partial charge in [-0.1, -0.05) is 35.1 Å². The predicted octanol–water partition coefficient (Wildman–Crippen LogP) is 3.95. The summed E-state index contributed by atoms with van der Waals surface area (Å²) in [5.41, 5.74) is 1.71. The van der Waals surface area contributed by atoms with Gasteiger partial charge in [0, 0.05) is 24.2 Å². The average molecular weight is 582 g/mol. The van der Waals surface area contributed by atoms with E-state index in [1.54, 1.807) is 27.7 Å². The summed E-state index contributed by atoms with van der Waals surface area (Å²) < 4.78 is 8.46. The lowest BCUT2D eigenvalue weighted by molar-refractivity contribution is -0.127. The number of nitrogens with zero attached hydrogens (tertiary/aromatic N) is 3. The highest BCUT2D eigenvalue weighted by Gasteiger charge is 2.34. The van der Waals surface area contributed by atoms with E-state index < -0.39 is 6.04 Å². The largest absolute Gasteiger partial charge is 0.451 e. The van der Waals surface area contributed by atoms with Gasteiger partial charge in [-0.3, -0.25) is 14.2 Å². The van der Waals surface area contributed by atoms with Gasteiger partial charge in [0.1, 0.15) is 5.76 Å². The van der Waals surface area contributed by atoms with E-state index in [2.05, 4.69) is 27.6 Å². The third-order valence-corrected chi connectivity index (χ3v) is 7.17. The molecule has 3 aromatic rings. The molecule has 2 aromatic heterocycles. The van der Waals surface area contributed by atoms with Crippen LogP contribution in [-0.2, 0) is 4.79 Å². The molecule has 0 saturated carbocycles. The summed E-state index contributed by atoms with van der Waals surface area (Å²) in [6, 6.07) is 10.3. The van der Waals surface area contributed by atoms with E-state index in [1.165, 1.54) is 11.3 Å². The Morgan fingerprint density at radius 2 is 1.94 bits per heavy atom. The molecule has 0 N–H and O–H groups in total. The predicted molar refractivity (Wildman–Crippen MR) is 135 cm³/mol. The van der Waals surface area contributed by atoms with E-state index >= 15 is 0 Å². The van der Waals surface area contributed by atoms with Crippen molar-refractivity contribution in [3.63, 3.8) is 0 Å². The van der Waals surface area contributed by atoms with E-state index in [0.29, 0.717) is 44.5 Å². The molecule has 9 heteroatoms. The van der Waals surface area contributed by atoms with Crippen LogP contribution in [0.25, 0.3) is 6.08 Å². The maximum absolute atomic E-state index is 13.5. The number of fused-ring (bicyclic) bond motifs is 1. The molecule has 0 radical (unpaired) electrons. The van der Waals surface area contributed by atoms with Gasteiger partial charge in [0.05, 0.1) is 21.8 Å². The Morgan fingerprint density at radius 1 is 1.25 bits per heavy atom. The van der Waals surface area contributed by atoms with Gasteiger partial charge in [-0.2, -0.15) is 0 Å². The normalized spacial score (nSPS) is 16.2. The lowest BCUT2D eigenvalue weighted by atomic mass is 9.94. The fraction of sp³-hybridized carbons (Fsp3) is 0.261. The van der Waals surface area contributed by atoms with Gasteiger partial charge in [0.2, 0.25) is 0 Å². The fourth-order valence-corrected chi connectivity index (χ4v) is 5.36. The molecule has 0 aliphatic carbocycles. The highest BCUT2D eigenvalue weighted by Crippen LogP contribution is 2.31. The molecule has 4 rings (SSSR count). The quantitative estimate of drug-likeness (QED) is 0.429. The Kier molecular flexibility index (Phi) is 6.73. The molecule has 6 nitrogen and oxygen atoms in total. The fourth-order valence-electron chi connectivity index (χ4n) is 3.77. The summed E-state index contributed by atoms with van der Waals surface area (Å²) >= 11 is 9.48. The van der Waals surface area contributed by atoms with Crippen molar-refractivity contribution in [3.8, 4) is 0 Å². The number of likely N-dealkylation sites (N-methyl/N-ethyl adjacent to an activating group) is 1. The van der Waals surface area contributed by atoms with Gasteiger partial charge in [-0.25, -0.2) is 4.99 Å². The Balaban J connectivity index is 1.96. The number of hydrogen-bond donors (Lipinski definition) is 0. The molecule has 0 saturated heterocycles. The zero-order chi connectivity index (χ0) is 23.0. The maximum atomic E-state index is 13.5. The Morgan fingerprint density at radius 3 is 2.53 bits per heavy atom. The van der Waals surface area contributed by atoms with Crippen LogP contribution in [0.2, 0.25) is 5.02 Å². The smallest absolute Gasteiger partial charge is 0.271 e. The number of thiazole rings is 1. The van der Waals surface area contributed by atoms with Crippen LogP contribution in [0.15, 0.2) is 61.9 Å². The summed E-state index contributed by atoms with van der Waals surface area (Å²) in [7, 11) is 0. The van der Waals surface area contributed by atoms with Crippen LogP contribution >= 0.6 is 45.5 Å². The molecular formula is C23H21ClIN3O3S. The monoisotopic (exact) mass is 581 g/mol. The van der Waals surface area contributed by atoms with Crippen molar-refractivity contribution in [1.29, 1.82) is 0 Å². The van der Waals surface area contributed by atoms with Crippen LogP contribution in [0, 0.1) is 3.77 Å². The maximum Gasteiger partial charge on any atom is 0.271 e. The van der Waals surface area contributed by atoms with Crippen LogP contribution in [0.3, 0.4) is 0 Å². The van der Waals surface area contributed by atoms with E-state index in [4.69, 9.17) is 16.0 Å². The molecule has 1 aromatic carbocycles. The highest BCUT2D eigenvalue weighted by atomic mass is 127. The van der Waals surface area contributed by atoms with Gasteiger partial charge in [0.25, 0.3) is 11.5 Å². The van der Waals surface area contributed by atoms with E-state index in [1.807, 2.05) is 45.0 Å². The van der Waals surface area contributed by atoms with Crippen LogP contribution < -0.4 is 14.9 Å². The number of carbonyl (C=O) groups excluding carboxylic acids is 1. The first-order chi connectivity index (χ1) is 15.3. The number of furan rings is 1. The first-order valence-corrected chi connectivity index (χ1v) is 12.4. The molecule has 0 spiro atoms. The molecule has 0 fully saturated rings. The minimum atomic E-state index is -0.587. The van der Waals surface area contributed by atoms with Crippen molar-refractivity contribution < 1.29 is 9.21 Å². The van der Waals surface area contributed by atoms with Crippen molar-refractivity contribution in [1.82, 2.24) is 9.47 Å². The van der Waals surface area contributed by atoms with Gasteiger partial charge in [-0.15, -0.1) is 0 Å². The van der Waals surface area contributed by atoms with Crippen molar-refractivity contribution in [2.75, 3.05) is 13.1 Å². The molecule has 1 aliphatic heterocycles. The van der Waals surface area contributed by atoms with Crippen molar-refractivity contribution >= 4 is 57.5 Å². The summed E-state index contributed by atoms with van der Waals surface area (Å²) in [4.78, 5) is 34.0. The van der Waals surface area contributed by atoms with Crippen LogP contribution in [0.1, 0.15) is 38.1 Å². The lowest BCUT2D eigenvalue weighted by Crippen LogP contribution is -2.43. The molecule has 32 heavy (non-hydrogen) atoms. The Hall–Kier alpha value is -2.17. The highest BCUT2D eigenvalue weighted by molar-refractivity contribution is 14.1. The minimum absolute atomic E-state index is 0.119. The second-order valence-electron chi connectivity index (χ2n) is 7.25. The first kappa shape index (κ1) is 23.0. The summed E-state index contributed by atoms with van der Waals surface area (Å²) in [6.45, 7) is 6.84. The van der Waals surface area contributed by atoms with Gasteiger partial charge in [-0.05, 0) is 73.2 Å². The number of rotatable bonds is 5. The van der Waals surface area contributed by atoms with E-state index in [-0.39, 0.29) is 11.5 Å². The number of amides is 1. The number of halogens is 2. The molecule has 3 heterocycles. The first-order valence-electron chi connectivity index (χ1n) is 10.2. The average Bonchev–Trinajstić information content (AvgIpc) is 3.31. The van der Waals surface area contributed by atoms with Crippen LogP contribution in [0.5, 0.6) is 0 Å². The second kappa shape index (κ2) is 9.36. The number of benzene rings is 1. The molecule has 1 amide bonds. The third-order valence-electron chi connectivity index (χ3n) is 5.36. The van der Waals surface area contributed by atoms with Crippen molar-refractivity contribution in [3.05, 3.63) is 87.5 Å². The number of aromatic nitrogens is 1. The van der Waals surface area contributed by atoms with Crippen LogP contribution in [-0.4, -0.2) is 28.5 Å². The lowest BCUT2D eigenvalue weighted by Gasteiger charge is -2.29. The molecule has 166 valence electrons. The van der Waals surface area contributed by atoms with Gasteiger partial charge < -0.3 is 9.32 Å². The molecule has 0 bridgehead atoms. The van der Waals surface area contributed by atoms with Gasteiger partial charge in [0.15, 0.2) is 8.57 Å². The molecule has 1 aliphatic rings. The van der Waals surface area contributed by atoms with E-state index in [9.17, 15) is 9.59 Å². The molecule has 0 unspecified atom stereocenters. The summed E-state index contributed by atoms with van der Waals surface area (Å²) in [5.74, 6) is 0.476. The van der Waals surface area contributed by atoms with E-state index in [0.717, 1.165) is 9.33 Å². The SMILES string of the molecule is CCN(CC)C(=O)C1=C(C)N=c2s/c(=C/c3ccc(I)o3)c(=O)n2[C@@H]1c1ccc(Cl)cc1. The van der Waals surface area contributed by atoms with Crippen molar-refractivity contribution in [2.24, 2.45) is 4.99 Å². The molecule has 1 atom stereocenters. The minimum Gasteiger partial charge on any atom is -0.451 e. The number of hydrogen-bond acceptors (Lipinski definition) is 5. The third kappa shape index (κ3) is 4.23.